The SMILES string of the molecule is O=S1(=O)C2CC3SC2C(C3OCCl)N1C1CCCCC1. The monoisotopic (exact) mass is 337 g/mol. The van der Waals surface area contributed by atoms with Crippen LogP contribution in [0.4, 0.5) is 0 Å². The number of nitrogens with zero attached hydrogens (tertiary/aromatic N) is 1. The number of thioether (sulfide) groups is 1. The minimum Gasteiger partial charge on any atom is -0.360 e. The van der Waals surface area contributed by atoms with E-state index in [2.05, 4.69) is 0 Å². The third-order valence-corrected chi connectivity index (χ3v) is 9.77. The molecule has 114 valence electrons. The normalized spacial score (nSPS) is 47.1. The molecule has 1 saturated carbocycles. The molecule has 0 aromatic heterocycles. The Morgan fingerprint density at radius 3 is 2.70 bits per heavy atom. The Labute approximate surface area is 129 Å². The number of sulfonamides is 1. The van der Waals surface area contributed by atoms with Gasteiger partial charge in [-0.25, -0.2) is 8.42 Å². The molecule has 5 atom stereocenters. The Kier molecular flexibility index (Phi) is 3.54. The van der Waals surface area contributed by atoms with Crippen molar-refractivity contribution in [2.24, 2.45) is 0 Å². The maximum absolute atomic E-state index is 12.9. The van der Waals surface area contributed by atoms with Crippen molar-refractivity contribution in [3.05, 3.63) is 0 Å². The summed E-state index contributed by atoms with van der Waals surface area (Å²) in [6.45, 7) is 0. The van der Waals surface area contributed by atoms with Gasteiger partial charge in [-0.3, -0.25) is 0 Å². The number of hydrogen-bond acceptors (Lipinski definition) is 4. The average Bonchev–Trinajstić information content (AvgIpc) is 3.04. The lowest BCUT2D eigenvalue weighted by Crippen LogP contribution is -2.50. The van der Waals surface area contributed by atoms with Gasteiger partial charge in [0.25, 0.3) is 0 Å². The van der Waals surface area contributed by atoms with Crippen LogP contribution < -0.4 is 0 Å². The van der Waals surface area contributed by atoms with E-state index in [0.717, 1.165) is 32.1 Å². The first kappa shape index (κ1) is 14.1. The topological polar surface area (TPSA) is 46.6 Å². The fourth-order valence-corrected chi connectivity index (χ4v) is 9.89. The van der Waals surface area contributed by atoms with Crippen molar-refractivity contribution in [2.75, 3.05) is 6.07 Å². The lowest BCUT2D eigenvalue weighted by atomic mass is 9.89. The quantitative estimate of drug-likeness (QED) is 0.740. The highest BCUT2D eigenvalue weighted by Crippen LogP contribution is 2.58. The van der Waals surface area contributed by atoms with Gasteiger partial charge in [0.15, 0.2) is 0 Å². The van der Waals surface area contributed by atoms with E-state index >= 15 is 0 Å². The van der Waals surface area contributed by atoms with Crippen LogP contribution in [0.1, 0.15) is 38.5 Å². The standard InChI is InChI=1S/C13H20ClNO3S2/c14-7-18-12-9-6-10-13(19-9)11(12)15(20(10,16)17)8-4-2-1-3-5-8/h8-13H,1-7H2. The zero-order valence-corrected chi connectivity index (χ0v) is 13.7. The third kappa shape index (κ3) is 1.84. The molecule has 4 nitrogen and oxygen atoms in total. The van der Waals surface area contributed by atoms with Crippen LogP contribution in [0, 0.1) is 0 Å². The van der Waals surface area contributed by atoms with E-state index in [1.165, 1.54) is 6.42 Å². The lowest BCUT2D eigenvalue weighted by molar-refractivity contribution is 0.0224. The molecule has 0 aromatic rings. The molecule has 0 radical (unpaired) electrons. The van der Waals surface area contributed by atoms with Gasteiger partial charge in [-0.15, -0.1) is 11.8 Å². The van der Waals surface area contributed by atoms with Gasteiger partial charge >= 0.3 is 0 Å². The van der Waals surface area contributed by atoms with Crippen LogP contribution in [0.3, 0.4) is 0 Å². The van der Waals surface area contributed by atoms with Crippen molar-refractivity contribution < 1.29 is 13.2 Å². The van der Waals surface area contributed by atoms with Crippen LogP contribution in [0.5, 0.6) is 0 Å². The molecular formula is C13H20ClNO3S2. The zero-order chi connectivity index (χ0) is 13.9. The van der Waals surface area contributed by atoms with E-state index in [4.69, 9.17) is 16.3 Å². The summed E-state index contributed by atoms with van der Waals surface area (Å²) in [6.07, 6.45) is 6.31. The summed E-state index contributed by atoms with van der Waals surface area (Å²) in [5.74, 6) is 0. The second kappa shape index (κ2) is 5.01. The Balaban J connectivity index is 1.69. The predicted molar refractivity (Wildman–Crippen MR) is 80.6 cm³/mol. The van der Waals surface area contributed by atoms with E-state index in [1.54, 1.807) is 0 Å². The Morgan fingerprint density at radius 2 is 2.00 bits per heavy atom. The van der Waals surface area contributed by atoms with Crippen LogP contribution in [-0.4, -0.2) is 52.7 Å². The number of fused-ring (bicyclic) bond motifs is 1. The van der Waals surface area contributed by atoms with Crippen molar-refractivity contribution >= 4 is 33.4 Å². The van der Waals surface area contributed by atoms with Crippen LogP contribution in [0.25, 0.3) is 0 Å². The average molecular weight is 338 g/mol. The lowest BCUT2D eigenvalue weighted by Gasteiger charge is -2.36. The second-order valence-electron chi connectivity index (χ2n) is 6.31. The van der Waals surface area contributed by atoms with Gasteiger partial charge in [-0.1, -0.05) is 30.9 Å². The van der Waals surface area contributed by atoms with E-state index < -0.39 is 10.0 Å². The number of ether oxygens (including phenoxy) is 1. The zero-order valence-electron chi connectivity index (χ0n) is 11.3. The van der Waals surface area contributed by atoms with Crippen molar-refractivity contribution in [2.45, 2.75) is 72.5 Å². The van der Waals surface area contributed by atoms with Gasteiger partial charge < -0.3 is 4.74 Å². The molecule has 3 saturated heterocycles. The van der Waals surface area contributed by atoms with Crippen LogP contribution in [0.15, 0.2) is 0 Å². The third-order valence-electron chi connectivity index (χ3n) is 5.36. The number of rotatable bonds is 3. The summed E-state index contributed by atoms with van der Waals surface area (Å²) in [5.41, 5.74) is 0. The highest BCUT2D eigenvalue weighted by molar-refractivity contribution is 8.03. The molecule has 20 heavy (non-hydrogen) atoms. The molecule has 3 aliphatic heterocycles. The fraction of sp³-hybridized carbons (Fsp3) is 1.00. The molecule has 0 N–H and O–H groups in total. The first-order valence-corrected chi connectivity index (χ1v) is 10.5. The maximum atomic E-state index is 12.9. The molecule has 2 bridgehead atoms. The summed E-state index contributed by atoms with van der Waals surface area (Å²) in [6, 6.07) is 0.398. The van der Waals surface area contributed by atoms with Crippen LogP contribution >= 0.6 is 23.4 Å². The van der Waals surface area contributed by atoms with Gasteiger partial charge in [0.2, 0.25) is 10.0 Å². The Hall–Kier alpha value is 0.510. The predicted octanol–water partition coefficient (Wildman–Crippen LogP) is 2.17. The van der Waals surface area contributed by atoms with E-state index in [9.17, 15) is 8.42 Å². The minimum atomic E-state index is -3.13. The highest BCUT2D eigenvalue weighted by atomic mass is 35.5. The van der Waals surface area contributed by atoms with E-state index in [1.807, 2.05) is 16.1 Å². The Bertz CT molecular complexity index is 494. The Morgan fingerprint density at radius 1 is 1.25 bits per heavy atom. The summed E-state index contributed by atoms with van der Waals surface area (Å²) in [4.78, 5) is 0. The van der Waals surface area contributed by atoms with Crippen molar-refractivity contribution in [3.8, 4) is 0 Å². The largest absolute Gasteiger partial charge is 0.360 e. The number of alkyl halides is 1. The minimum absolute atomic E-state index is 0.00190. The number of hydrogen-bond donors (Lipinski definition) is 0. The van der Waals surface area contributed by atoms with Gasteiger partial charge in [-0.05, 0) is 19.3 Å². The van der Waals surface area contributed by atoms with Gasteiger partial charge in [0.1, 0.15) is 6.07 Å². The molecule has 0 amide bonds. The highest BCUT2D eigenvalue weighted by Gasteiger charge is 2.68. The molecule has 3 heterocycles. The summed E-state index contributed by atoms with van der Waals surface area (Å²) in [7, 11) is -3.13. The molecule has 1 aliphatic carbocycles. The molecule has 0 aromatic carbocycles. The number of halogens is 1. The summed E-state index contributed by atoms with van der Waals surface area (Å²) in [5, 5.41) is 0.358. The molecular weight excluding hydrogens is 318 g/mol. The van der Waals surface area contributed by atoms with E-state index in [-0.39, 0.29) is 34.8 Å². The second-order valence-corrected chi connectivity index (χ2v) is 10.0. The molecule has 5 unspecified atom stereocenters. The smallest absolute Gasteiger partial charge is 0.218 e. The summed E-state index contributed by atoms with van der Waals surface area (Å²) < 4.78 is 33.3. The molecule has 4 rings (SSSR count). The molecule has 4 aliphatic rings. The van der Waals surface area contributed by atoms with Gasteiger partial charge in [0.05, 0.1) is 17.4 Å². The van der Waals surface area contributed by atoms with Crippen LogP contribution in [-0.2, 0) is 14.8 Å². The van der Waals surface area contributed by atoms with Crippen molar-refractivity contribution in [1.82, 2.24) is 4.31 Å². The molecule has 0 spiro atoms. The maximum Gasteiger partial charge on any atom is 0.218 e. The van der Waals surface area contributed by atoms with Gasteiger partial charge in [-0.2, -0.15) is 4.31 Å². The molecule has 7 heteroatoms. The van der Waals surface area contributed by atoms with Crippen molar-refractivity contribution in [3.63, 3.8) is 0 Å². The van der Waals surface area contributed by atoms with Crippen LogP contribution in [0.2, 0.25) is 0 Å². The van der Waals surface area contributed by atoms with Gasteiger partial charge in [0, 0.05) is 16.5 Å². The first-order valence-electron chi connectivity index (χ1n) is 7.50. The fourth-order valence-electron chi connectivity index (χ4n) is 4.60. The van der Waals surface area contributed by atoms with E-state index in [0.29, 0.717) is 5.25 Å². The summed E-state index contributed by atoms with van der Waals surface area (Å²) >= 11 is 7.58. The first-order chi connectivity index (χ1) is 9.64. The van der Waals surface area contributed by atoms with Crippen molar-refractivity contribution in [1.29, 1.82) is 0 Å². The molecule has 4 fully saturated rings.